The Hall–Kier alpha value is -2.50. The van der Waals surface area contributed by atoms with E-state index in [1.165, 1.54) is 15.3 Å². The van der Waals surface area contributed by atoms with E-state index in [1.807, 2.05) is 36.7 Å². The number of thiophene rings is 1. The Morgan fingerprint density at radius 1 is 1.11 bits per heavy atom. The summed E-state index contributed by atoms with van der Waals surface area (Å²) in [5.74, 6) is 0.173. The molecule has 0 spiro atoms. The van der Waals surface area contributed by atoms with Crippen LogP contribution in [0, 0.1) is 0 Å². The molecule has 4 nitrogen and oxygen atoms in total. The molecule has 0 radical (unpaired) electrons. The fraction of sp³-hybridized carbons (Fsp3) is 0.304. The molecule has 0 saturated heterocycles. The van der Waals surface area contributed by atoms with Gasteiger partial charge in [-0.1, -0.05) is 30.3 Å². The van der Waals surface area contributed by atoms with Crippen LogP contribution in [-0.2, 0) is 11.2 Å². The van der Waals surface area contributed by atoms with E-state index in [4.69, 9.17) is 4.84 Å². The summed E-state index contributed by atoms with van der Waals surface area (Å²) in [7, 11) is 5.85. The van der Waals surface area contributed by atoms with Crippen molar-refractivity contribution in [3.8, 4) is 10.4 Å². The van der Waals surface area contributed by atoms with E-state index in [-0.39, 0.29) is 12.0 Å². The first kappa shape index (κ1) is 20.2. The number of hydrogen-bond acceptors (Lipinski definition) is 4. The smallest absolute Gasteiger partial charge is 0.231 e. The predicted molar refractivity (Wildman–Crippen MR) is 113 cm³/mol. The van der Waals surface area contributed by atoms with Gasteiger partial charge in [-0.05, 0) is 44.3 Å². The standard InChI is InChI=1S/C23H27N2O2S/c1-24(2)22(21(13-15-26)18-8-5-4-6-9-18)16-20-11-12-23(28-20)19-10-7-14-25(17-19)27-3/h4-12,14-15,17,21-22H,13,16H2,1-3H3/q+1. The SMILES string of the molecule is CO[n+]1cccc(-c2ccc(CC(C(CC=O)c3ccccc3)N(C)C)s2)c1. The van der Waals surface area contributed by atoms with Crippen molar-refractivity contribution in [2.24, 2.45) is 0 Å². The number of benzene rings is 1. The predicted octanol–water partition coefficient (Wildman–Crippen LogP) is 3.61. The minimum absolute atomic E-state index is 0.173. The fourth-order valence-corrected chi connectivity index (χ4v) is 4.61. The van der Waals surface area contributed by atoms with Gasteiger partial charge in [-0.2, -0.15) is 0 Å². The molecule has 28 heavy (non-hydrogen) atoms. The molecule has 0 aliphatic carbocycles. The third-order valence-corrected chi connectivity index (χ3v) is 6.20. The number of aromatic nitrogens is 1. The molecule has 2 heterocycles. The molecule has 0 amide bonds. The number of aldehydes is 1. The maximum absolute atomic E-state index is 11.4. The lowest BCUT2D eigenvalue weighted by Gasteiger charge is -2.31. The van der Waals surface area contributed by atoms with Crippen LogP contribution in [0.15, 0.2) is 67.0 Å². The minimum atomic E-state index is 0.173. The van der Waals surface area contributed by atoms with Gasteiger partial charge in [0.2, 0.25) is 12.4 Å². The zero-order chi connectivity index (χ0) is 19.9. The van der Waals surface area contributed by atoms with Crippen molar-refractivity contribution >= 4 is 17.6 Å². The Morgan fingerprint density at radius 3 is 2.57 bits per heavy atom. The van der Waals surface area contributed by atoms with Gasteiger partial charge < -0.3 is 9.69 Å². The number of likely N-dealkylation sites (N-methyl/N-ethyl adjacent to an activating group) is 1. The highest BCUT2D eigenvalue weighted by atomic mass is 32.1. The van der Waals surface area contributed by atoms with Crippen molar-refractivity contribution in [3.05, 3.63) is 77.4 Å². The van der Waals surface area contributed by atoms with Gasteiger partial charge in [-0.3, -0.25) is 4.84 Å². The van der Waals surface area contributed by atoms with Crippen molar-refractivity contribution in [3.63, 3.8) is 0 Å². The third kappa shape index (κ3) is 4.86. The average molecular weight is 396 g/mol. The summed E-state index contributed by atoms with van der Waals surface area (Å²) in [6.07, 6.45) is 6.34. The maximum Gasteiger partial charge on any atom is 0.231 e. The van der Waals surface area contributed by atoms with Crippen LogP contribution in [0.4, 0.5) is 0 Å². The molecule has 2 atom stereocenters. The topological polar surface area (TPSA) is 33.4 Å². The number of hydrogen-bond donors (Lipinski definition) is 0. The zero-order valence-electron chi connectivity index (χ0n) is 16.6. The van der Waals surface area contributed by atoms with E-state index in [0.29, 0.717) is 6.42 Å². The summed E-state index contributed by atoms with van der Waals surface area (Å²) in [5.41, 5.74) is 2.35. The summed E-state index contributed by atoms with van der Waals surface area (Å²) in [4.78, 5) is 21.4. The first-order valence-corrected chi connectivity index (χ1v) is 10.2. The molecule has 0 aliphatic rings. The van der Waals surface area contributed by atoms with Gasteiger partial charge in [0.15, 0.2) is 0 Å². The Morgan fingerprint density at radius 2 is 1.89 bits per heavy atom. The van der Waals surface area contributed by atoms with E-state index in [1.54, 1.807) is 23.2 Å². The second-order valence-corrected chi connectivity index (χ2v) is 8.22. The highest BCUT2D eigenvalue weighted by molar-refractivity contribution is 7.15. The lowest BCUT2D eigenvalue weighted by Crippen LogP contribution is -2.39. The number of carbonyl (C=O) groups is 1. The van der Waals surface area contributed by atoms with E-state index in [0.717, 1.165) is 18.3 Å². The van der Waals surface area contributed by atoms with Crippen molar-refractivity contribution in [1.29, 1.82) is 0 Å². The quantitative estimate of drug-likeness (QED) is 0.410. The largest absolute Gasteiger partial charge is 0.305 e. The van der Waals surface area contributed by atoms with Gasteiger partial charge in [0.05, 0.1) is 5.56 Å². The van der Waals surface area contributed by atoms with Gasteiger partial charge in [-0.15, -0.1) is 11.3 Å². The second-order valence-electron chi connectivity index (χ2n) is 7.06. The molecule has 0 saturated carbocycles. The number of pyridine rings is 1. The van der Waals surface area contributed by atoms with Crippen LogP contribution in [0.25, 0.3) is 10.4 Å². The molecule has 0 aliphatic heterocycles. The average Bonchev–Trinajstić information content (AvgIpc) is 3.20. The van der Waals surface area contributed by atoms with Crippen LogP contribution in [-0.4, -0.2) is 38.4 Å². The molecule has 2 unspecified atom stereocenters. The number of nitrogens with zero attached hydrogens (tertiary/aromatic N) is 2. The highest BCUT2D eigenvalue weighted by Crippen LogP contribution is 2.32. The first-order valence-electron chi connectivity index (χ1n) is 9.42. The summed E-state index contributed by atoms with van der Waals surface area (Å²) in [6.45, 7) is 0. The van der Waals surface area contributed by atoms with E-state index in [9.17, 15) is 4.79 Å². The number of rotatable bonds is 9. The Balaban J connectivity index is 1.84. The zero-order valence-corrected chi connectivity index (χ0v) is 17.4. The summed E-state index contributed by atoms with van der Waals surface area (Å²) < 4.78 is 1.70. The molecule has 0 N–H and O–H groups in total. The Bertz CT molecular complexity index is 892. The molecular formula is C23H27N2O2S+. The first-order chi connectivity index (χ1) is 13.6. The van der Waals surface area contributed by atoms with Gasteiger partial charge in [0.25, 0.3) is 0 Å². The van der Waals surface area contributed by atoms with Gasteiger partial charge in [-0.25, -0.2) is 0 Å². The second kappa shape index (κ2) is 9.62. The van der Waals surface area contributed by atoms with Crippen LogP contribution in [0.3, 0.4) is 0 Å². The van der Waals surface area contributed by atoms with E-state index in [2.05, 4.69) is 49.3 Å². The molecule has 3 aromatic rings. The molecular weight excluding hydrogens is 368 g/mol. The molecule has 5 heteroatoms. The minimum Gasteiger partial charge on any atom is -0.305 e. The van der Waals surface area contributed by atoms with Crippen LogP contribution in [0.5, 0.6) is 0 Å². The summed E-state index contributed by atoms with van der Waals surface area (Å²) in [5, 5.41) is 0. The molecule has 0 bridgehead atoms. The normalized spacial score (nSPS) is 13.3. The monoisotopic (exact) mass is 395 g/mol. The molecule has 146 valence electrons. The lowest BCUT2D eigenvalue weighted by molar-refractivity contribution is -0.885. The number of carbonyl (C=O) groups excluding carboxylic acids is 1. The molecule has 3 rings (SSSR count). The van der Waals surface area contributed by atoms with Gasteiger partial charge >= 0.3 is 0 Å². The van der Waals surface area contributed by atoms with Crippen molar-refractivity contribution < 1.29 is 14.4 Å². The van der Waals surface area contributed by atoms with Crippen LogP contribution < -0.4 is 9.57 Å². The third-order valence-electron chi connectivity index (χ3n) is 5.05. The Kier molecular flexibility index (Phi) is 6.95. The summed E-state index contributed by atoms with van der Waals surface area (Å²) >= 11 is 1.80. The molecule has 2 aromatic heterocycles. The molecule has 1 aromatic carbocycles. The fourth-order valence-electron chi connectivity index (χ4n) is 3.57. The molecule has 0 fully saturated rings. The maximum atomic E-state index is 11.4. The van der Waals surface area contributed by atoms with Crippen molar-refractivity contribution in [2.45, 2.75) is 24.8 Å². The van der Waals surface area contributed by atoms with Gasteiger partial charge in [0, 0.05) is 38.9 Å². The lowest BCUT2D eigenvalue weighted by atomic mass is 9.86. The van der Waals surface area contributed by atoms with Crippen molar-refractivity contribution in [2.75, 3.05) is 21.2 Å². The Labute approximate surface area is 171 Å². The summed E-state index contributed by atoms with van der Waals surface area (Å²) in [6, 6.07) is 19.0. The van der Waals surface area contributed by atoms with E-state index >= 15 is 0 Å². The van der Waals surface area contributed by atoms with E-state index < -0.39 is 0 Å². The van der Waals surface area contributed by atoms with Crippen LogP contribution >= 0.6 is 11.3 Å². The van der Waals surface area contributed by atoms with Crippen LogP contribution in [0.1, 0.15) is 22.8 Å². The highest BCUT2D eigenvalue weighted by Gasteiger charge is 2.26. The van der Waals surface area contributed by atoms with Gasteiger partial charge in [0.1, 0.15) is 13.4 Å². The van der Waals surface area contributed by atoms with Crippen LogP contribution in [0.2, 0.25) is 0 Å². The van der Waals surface area contributed by atoms with Crippen molar-refractivity contribution in [1.82, 2.24) is 4.90 Å².